The van der Waals surface area contributed by atoms with Crippen molar-refractivity contribution in [2.24, 2.45) is 0 Å². The standard InChI is InChI=1S/C13H21BrN2S2/c1-2-12-9-16(5-6-17-12)4-3-15-8-13-7-11(14)10-18-13/h7,10,12,15H,2-6,8-9H2,1H3. The van der Waals surface area contributed by atoms with Crippen molar-refractivity contribution in [2.45, 2.75) is 25.1 Å². The first-order valence-electron chi connectivity index (χ1n) is 6.55. The number of rotatable bonds is 6. The fraction of sp³-hybridized carbons (Fsp3) is 0.692. The second-order valence-electron chi connectivity index (χ2n) is 4.61. The molecule has 1 fully saturated rings. The Hall–Kier alpha value is 0.450. The number of hydrogen-bond donors (Lipinski definition) is 1. The molecule has 0 amide bonds. The topological polar surface area (TPSA) is 15.3 Å². The lowest BCUT2D eigenvalue weighted by Crippen LogP contribution is -2.41. The summed E-state index contributed by atoms with van der Waals surface area (Å²) in [4.78, 5) is 4.00. The van der Waals surface area contributed by atoms with Crippen LogP contribution < -0.4 is 5.32 Å². The second-order valence-corrected chi connectivity index (χ2v) is 7.93. The fourth-order valence-corrected chi connectivity index (χ4v) is 4.80. The highest BCUT2D eigenvalue weighted by molar-refractivity contribution is 9.10. The van der Waals surface area contributed by atoms with Crippen molar-refractivity contribution >= 4 is 39.0 Å². The molecule has 2 heterocycles. The number of hydrogen-bond acceptors (Lipinski definition) is 4. The van der Waals surface area contributed by atoms with Crippen molar-refractivity contribution < 1.29 is 0 Å². The molecule has 0 radical (unpaired) electrons. The molecule has 1 atom stereocenters. The summed E-state index contributed by atoms with van der Waals surface area (Å²) in [5.41, 5.74) is 0. The number of nitrogens with zero attached hydrogens (tertiary/aromatic N) is 1. The summed E-state index contributed by atoms with van der Waals surface area (Å²) in [6, 6.07) is 2.20. The van der Waals surface area contributed by atoms with Crippen LogP contribution in [0.2, 0.25) is 0 Å². The van der Waals surface area contributed by atoms with Crippen LogP contribution in [0, 0.1) is 0 Å². The van der Waals surface area contributed by atoms with E-state index in [2.05, 4.69) is 56.3 Å². The number of nitrogens with one attached hydrogen (secondary N) is 1. The van der Waals surface area contributed by atoms with Gasteiger partial charge in [0.05, 0.1) is 0 Å². The zero-order chi connectivity index (χ0) is 12.8. The largest absolute Gasteiger partial charge is 0.311 e. The molecule has 1 unspecified atom stereocenters. The highest BCUT2D eigenvalue weighted by atomic mass is 79.9. The summed E-state index contributed by atoms with van der Waals surface area (Å²) < 4.78 is 1.20. The molecule has 1 aromatic heterocycles. The second kappa shape index (κ2) is 7.90. The molecular weight excluding hydrogens is 328 g/mol. The van der Waals surface area contributed by atoms with Gasteiger partial charge in [0.15, 0.2) is 0 Å². The first-order valence-corrected chi connectivity index (χ1v) is 9.27. The first kappa shape index (κ1) is 14.9. The molecule has 18 heavy (non-hydrogen) atoms. The summed E-state index contributed by atoms with van der Waals surface area (Å²) in [6.07, 6.45) is 1.30. The highest BCUT2D eigenvalue weighted by Gasteiger charge is 2.17. The van der Waals surface area contributed by atoms with Gasteiger partial charge in [-0.3, -0.25) is 0 Å². The Morgan fingerprint density at radius 1 is 1.56 bits per heavy atom. The summed E-state index contributed by atoms with van der Waals surface area (Å²) in [5.74, 6) is 1.30. The molecule has 1 aliphatic rings. The van der Waals surface area contributed by atoms with Crippen molar-refractivity contribution in [1.29, 1.82) is 0 Å². The van der Waals surface area contributed by atoms with E-state index in [1.165, 1.54) is 41.2 Å². The third kappa shape index (κ3) is 4.85. The van der Waals surface area contributed by atoms with Gasteiger partial charge in [-0.1, -0.05) is 6.92 Å². The smallest absolute Gasteiger partial charge is 0.0300 e. The SMILES string of the molecule is CCC1CN(CCNCc2cc(Br)cs2)CCS1. The van der Waals surface area contributed by atoms with Crippen molar-refractivity contribution in [3.05, 3.63) is 20.8 Å². The van der Waals surface area contributed by atoms with E-state index in [1.807, 2.05) is 11.3 Å². The minimum absolute atomic E-state index is 0.854. The Labute approximate surface area is 127 Å². The van der Waals surface area contributed by atoms with Crippen LogP contribution in [0.1, 0.15) is 18.2 Å². The number of halogens is 1. The maximum Gasteiger partial charge on any atom is 0.0300 e. The van der Waals surface area contributed by atoms with E-state index in [4.69, 9.17) is 0 Å². The third-order valence-electron chi connectivity index (χ3n) is 3.20. The van der Waals surface area contributed by atoms with E-state index in [0.29, 0.717) is 0 Å². The lowest BCUT2D eigenvalue weighted by Gasteiger charge is -2.31. The van der Waals surface area contributed by atoms with Gasteiger partial charge in [-0.2, -0.15) is 11.8 Å². The van der Waals surface area contributed by atoms with Gasteiger partial charge < -0.3 is 10.2 Å². The number of thiophene rings is 1. The molecule has 2 nitrogen and oxygen atoms in total. The van der Waals surface area contributed by atoms with Gasteiger partial charge >= 0.3 is 0 Å². The molecule has 5 heteroatoms. The predicted molar refractivity (Wildman–Crippen MR) is 86.7 cm³/mol. The van der Waals surface area contributed by atoms with E-state index in [1.54, 1.807) is 0 Å². The molecule has 1 aromatic rings. The Balaban J connectivity index is 1.60. The molecule has 0 aromatic carbocycles. The van der Waals surface area contributed by atoms with Crippen molar-refractivity contribution in [1.82, 2.24) is 10.2 Å². The number of thioether (sulfide) groups is 1. The average molecular weight is 349 g/mol. The maximum absolute atomic E-state index is 3.54. The van der Waals surface area contributed by atoms with E-state index < -0.39 is 0 Å². The van der Waals surface area contributed by atoms with E-state index in [0.717, 1.165) is 18.3 Å². The minimum Gasteiger partial charge on any atom is -0.311 e. The van der Waals surface area contributed by atoms with Crippen molar-refractivity contribution in [2.75, 3.05) is 31.9 Å². The Kier molecular flexibility index (Phi) is 6.52. The van der Waals surface area contributed by atoms with Crippen molar-refractivity contribution in [3.63, 3.8) is 0 Å². The van der Waals surface area contributed by atoms with Crippen LogP contribution in [0.5, 0.6) is 0 Å². The van der Waals surface area contributed by atoms with Gasteiger partial charge in [0.1, 0.15) is 0 Å². The van der Waals surface area contributed by atoms with Crippen LogP contribution in [-0.4, -0.2) is 42.1 Å². The molecule has 1 aliphatic heterocycles. The molecule has 102 valence electrons. The lowest BCUT2D eigenvalue weighted by atomic mass is 10.3. The van der Waals surface area contributed by atoms with Gasteiger partial charge in [0, 0.05) is 58.5 Å². The van der Waals surface area contributed by atoms with Crippen LogP contribution >= 0.6 is 39.0 Å². The summed E-state index contributed by atoms with van der Waals surface area (Å²) in [7, 11) is 0. The zero-order valence-electron chi connectivity index (χ0n) is 10.8. The van der Waals surface area contributed by atoms with Crippen LogP contribution in [-0.2, 0) is 6.54 Å². The molecular formula is C13H21BrN2S2. The van der Waals surface area contributed by atoms with Gasteiger partial charge in [-0.15, -0.1) is 11.3 Å². The minimum atomic E-state index is 0.854. The van der Waals surface area contributed by atoms with Crippen molar-refractivity contribution in [3.8, 4) is 0 Å². The van der Waals surface area contributed by atoms with E-state index in [9.17, 15) is 0 Å². The summed E-state index contributed by atoms with van der Waals surface area (Å²) in [5, 5.41) is 6.53. The van der Waals surface area contributed by atoms with Crippen LogP contribution in [0.4, 0.5) is 0 Å². The van der Waals surface area contributed by atoms with Gasteiger partial charge in [-0.25, -0.2) is 0 Å². The summed E-state index contributed by atoms with van der Waals surface area (Å²) in [6.45, 7) is 8.10. The van der Waals surface area contributed by atoms with E-state index in [-0.39, 0.29) is 0 Å². The van der Waals surface area contributed by atoms with Gasteiger partial charge in [0.25, 0.3) is 0 Å². The lowest BCUT2D eigenvalue weighted by molar-refractivity contribution is 0.280. The monoisotopic (exact) mass is 348 g/mol. The quantitative estimate of drug-likeness (QED) is 0.792. The van der Waals surface area contributed by atoms with Crippen LogP contribution in [0.15, 0.2) is 15.9 Å². The Morgan fingerprint density at radius 2 is 2.44 bits per heavy atom. The van der Waals surface area contributed by atoms with Gasteiger partial charge in [-0.05, 0) is 28.4 Å². The highest BCUT2D eigenvalue weighted by Crippen LogP contribution is 2.21. The first-order chi connectivity index (χ1) is 8.78. The Morgan fingerprint density at radius 3 is 3.17 bits per heavy atom. The molecule has 0 bridgehead atoms. The molecule has 2 rings (SSSR count). The van der Waals surface area contributed by atoms with Crippen LogP contribution in [0.3, 0.4) is 0 Å². The fourth-order valence-electron chi connectivity index (χ4n) is 2.13. The average Bonchev–Trinajstić information content (AvgIpc) is 2.81. The molecule has 0 saturated carbocycles. The van der Waals surface area contributed by atoms with E-state index >= 15 is 0 Å². The molecule has 1 N–H and O–H groups in total. The zero-order valence-corrected chi connectivity index (χ0v) is 14.0. The summed E-state index contributed by atoms with van der Waals surface area (Å²) >= 11 is 7.44. The third-order valence-corrected chi connectivity index (χ3v) is 6.27. The maximum atomic E-state index is 3.54. The Bertz CT molecular complexity index is 357. The van der Waals surface area contributed by atoms with Gasteiger partial charge in [0.2, 0.25) is 0 Å². The molecule has 0 spiro atoms. The predicted octanol–water partition coefficient (Wildman–Crippen LogP) is 3.43. The van der Waals surface area contributed by atoms with Crippen LogP contribution in [0.25, 0.3) is 0 Å². The molecule has 1 saturated heterocycles. The normalized spacial score (nSPS) is 21.3. The molecule has 0 aliphatic carbocycles.